The summed E-state index contributed by atoms with van der Waals surface area (Å²) in [6.45, 7) is 4.88. The summed E-state index contributed by atoms with van der Waals surface area (Å²) >= 11 is 0. The number of hydrogen-bond donors (Lipinski definition) is 1. The van der Waals surface area contributed by atoms with Crippen LogP contribution in [0.3, 0.4) is 0 Å². The van der Waals surface area contributed by atoms with Crippen LogP contribution < -0.4 is 10.5 Å². The number of rotatable bonds is 8. The number of benzene rings is 1. The van der Waals surface area contributed by atoms with Gasteiger partial charge < -0.3 is 10.5 Å². The van der Waals surface area contributed by atoms with Crippen LogP contribution in [0.25, 0.3) is 0 Å². The summed E-state index contributed by atoms with van der Waals surface area (Å²) < 4.78 is 7.73. The van der Waals surface area contributed by atoms with Gasteiger partial charge in [0.1, 0.15) is 12.4 Å². The Hall–Kier alpha value is -1.81. The van der Waals surface area contributed by atoms with Crippen molar-refractivity contribution in [3.63, 3.8) is 0 Å². The minimum atomic E-state index is -0.0461. The van der Waals surface area contributed by atoms with Gasteiger partial charge in [0.2, 0.25) is 0 Å². The fraction of sp³-hybridized carbons (Fsp3) is 0.471. The molecule has 21 heavy (non-hydrogen) atoms. The van der Waals surface area contributed by atoms with Gasteiger partial charge in [0.15, 0.2) is 0 Å². The van der Waals surface area contributed by atoms with E-state index in [0.717, 1.165) is 30.7 Å². The van der Waals surface area contributed by atoms with E-state index in [9.17, 15) is 0 Å². The third-order valence-electron chi connectivity index (χ3n) is 3.66. The quantitative estimate of drug-likeness (QED) is 0.811. The number of nitrogens with two attached hydrogens (primary N) is 1. The Kier molecular flexibility index (Phi) is 5.81. The Morgan fingerprint density at radius 2 is 1.86 bits per heavy atom. The second kappa shape index (κ2) is 7.84. The normalized spacial score (nSPS) is 12.6. The zero-order valence-electron chi connectivity index (χ0n) is 12.9. The Morgan fingerprint density at radius 1 is 1.14 bits per heavy atom. The summed E-state index contributed by atoms with van der Waals surface area (Å²) in [5, 5.41) is 4.63. The molecule has 0 fully saturated rings. The molecule has 114 valence electrons. The molecule has 4 heteroatoms. The molecule has 1 atom stereocenters. The first-order valence-electron chi connectivity index (χ1n) is 7.70. The zero-order chi connectivity index (χ0) is 15.1. The molecule has 0 aliphatic heterocycles. The summed E-state index contributed by atoms with van der Waals surface area (Å²) in [7, 11) is 0. The van der Waals surface area contributed by atoms with Gasteiger partial charge in [-0.15, -0.1) is 0 Å². The standard InChI is InChI=1S/C17H25N3O/c1-3-16(4-2)20-11-10-15(19-20)12-14(18)13-21-17-8-6-5-7-9-17/h5-11,14,16H,3-4,12-13,18H2,1-2H3. The molecule has 1 aromatic carbocycles. The lowest BCUT2D eigenvalue weighted by molar-refractivity contribution is 0.286. The van der Waals surface area contributed by atoms with Crippen LogP contribution in [-0.2, 0) is 6.42 Å². The molecule has 0 aliphatic carbocycles. The van der Waals surface area contributed by atoms with Crippen LogP contribution in [0.4, 0.5) is 0 Å². The Morgan fingerprint density at radius 3 is 2.52 bits per heavy atom. The molecule has 4 nitrogen and oxygen atoms in total. The first-order chi connectivity index (χ1) is 10.2. The number of para-hydroxylation sites is 1. The predicted molar refractivity (Wildman–Crippen MR) is 85.5 cm³/mol. The van der Waals surface area contributed by atoms with E-state index in [1.165, 1.54) is 0 Å². The summed E-state index contributed by atoms with van der Waals surface area (Å²) in [5.41, 5.74) is 7.16. The molecule has 0 aliphatic rings. The number of aromatic nitrogens is 2. The van der Waals surface area contributed by atoms with Crippen molar-refractivity contribution in [2.24, 2.45) is 5.73 Å². The SMILES string of the molecule is CCC(CC)n1ccc(CC(N)COc2ccccc2)n1. The van der Waals surface area contributed by atoms with Gasteiger partial charge in [-0.1, -0.05) is 32.0 Å². The summed E-state index contributed by atoms with van der Waals surface area (Å²) in [6.07, 6.45) is 4.99. The van der Waals surface area contributed by atoms with Crippen LogP contribution in [0.2, 0.25) is 0 Å². The molecule has 0 amide bonds. The van der Waals surface area contributed by atoms with Crippen molar-refractivity contribution in [2.45, 2.75) is 45.2 Å². The molecule has 0 saturated carbocycles. The highest BCUT2D eigenvalue weighted by atomic mass is 16.5. The molecule has 2 N–H and O–H groups in total. The topological polar surface area (TPSA) is 53.1 Å². The van der Waals surface area contributed by atoms with Gasteiger partial charge >= 0.3 is 0 Å². The van der Waals surface area contributed by atoms with E-state index in [2.05, 4.69) is 35.9 Å². The molecule has 1 heterocycles. The maximum Gasteiger partial charge on any atom is 0.119 e. The van der Waals surface area contributed by atoms with Crippen LogP contribution in [0.15, 0.2) is 42.6 Å². The van der Waals surface area contributed by atoms with Gasteiger partial charge in [0.25, 0.3) is 0 Å². The van der Waals surface area contributed by atoms with Crippen molar-refractivity contribution in [1.29, 1.82) is 0 Å². The lowest BCUT2D eigenvalue weighted by atomic mass is 10.2. The highest BCUT2D eigenvalue weighted by Gasteiger charge is 2.11. The van der Waals surface area contributed by atoms with Crippen LogP contribution >= 0.6 is 0 Å². The van der Waals surface area contributed by atoms with E-state index in [0.29, 0.717) is 12.6 Å². The number of ether oxygens (including phenoxy) is 1. The molecule has 2 aromatic rings. The van der Waals surface area contributed by atoms with E-state index in [1.807, 2.05) is 30.3 Å². The van der Waals surface area contributed by atoms with E-state index < -0.39 is 0 Å². The highest BCUT2D eigenvalue weighted by molar-refractivity contribution is 5.21. The van der Waals surface area contributed by atoms with Crippen LogP contribution in [0, 0.1) is 0 Å². The Bertz CT molecular complexity index is 520. The van der Waals surface area contributed by atoms with Crippen molar-refractivity contribution in [3.05, 3.63) is 48.3 Å². The van der Waals surface area contributed by atoms with Crippen molar-refractivity contribution in [2.75, 3.05) is 6.61 Å². The molecular formula is C17H25N3O. The fourth-order valence-electron chi connectivity index (χ4n) is 2.40. The third-order valence-corrected chi connectivity index (χ3v) is 3.66. The maximum absolute atomic E-state index is 6.13. The third kappa shape index (κ3) is 4.60. The van der Waals surface area contributed by atoms with Crippen LogP contribution in [-0.4, -0.2) is 22.4 Å². The van der Waals surface area contributed by atoms with E-state index in [-0.39, 0.29) is 6.04 Å². The largest absolute Gasteiger partial charge is 0.492 e. The van der Waals surface area contributed by atoms with E-state index in [1.54, 1.807) is 0 Å². The van der Waals surface area contributed by atoms with Crippen LogP contribution in [0.1, 0.15) is 38.4 Å². The van der Waals surface area contributed by atoms with Crippen LogP contribution in [0.5, 0.6) is 5.75 Å². The lowest BCUT2D eigenvalue weighted by Crippen LogP contribution is -2.30. The molecule has 0 saturated heterocycles. The molecule has 0 bridgehead atoms. The second-order valence-corrected chi connectivity index (χ2v) is 5.35. The molecule has 1 aromatic heterocycles. The molecule has 2 rings (SSSR count). The van der Waals surface area contributed by atoms with Gasteiger partial charge in [-0.25, -0.2) is 0 Å². The lowest BCUT2D eigenvalue weighted by Gasteiger charge is -2.13. The van der Waals surface area contributed by atoms with Gasteiger partial charge in [-0.05, 0) is 31.0 Å². The zero-order valence-corrected chi connectivity index (χ0v) is 12.9. The summed E-state index contributed by atoms with van der Waals surface area (Å²) in [6, 6.07) is 12.3. The smallest absolute Gasteiger partial charge is 0.119 e. The van der Waals surface area contributed by atoms with Gasteiger partial charge in [0, 0.05) is 18.7 Å². The van der Waals surface area contributed by atoms with Gasteiger partial charge in [-0.2, -0.15) is 5.10 Å². The van der Waals surface area contributed by atoms with Gasteiger partial charge in [0.05, 0.1) is 11.7 Å². The number of hydrogen-bond acceptors (Lipinski definition) is 3. The summed E-state index contributed by atoms with van der Waals surface area (Å²) in [4.78, 5) is 0. The molecular weight excluding hydrogens is 262 g/mol. The minimum absolute atomic E-state index is 0.0461. The van der Waals surface area contributed by atoms with Crippen molar-refractivity contribution in [1.82, 2.24) is 9.78 Å². The van der Waals surface area contributed by atoms with E-state index >= 15 is 0 Å². The maximum atomic E-state index is 6.13. The first-order valence-corrected chi connectivity index (χ1v) is 7.70. The first kappa shape index (κ1) is 15.6. The van der Waals surface area contributed by atoms with Crippen molar-refractivity contribution >= 4 is 0 Å². The van der Waals surface area contributed by atoms with Crippen molar-refractivity contribution in [3.8, 4) is 5.75 Å². The molecule has 0 radical (unpaired) electrons. The Labute approximate surface area is 126 Å². The monoisotopic (exact) mass is 287 g/mol. The minimum Gasteiger partial charge on any atom is -0.492 e. The summed E-state index contributed by atoms with van der Waals surface area (Å²) in [5.74, 6) is 0.857. The molecule has 1 unspecified atom stereocenters. The Balaban J connectivity index is 1.84. The average Bonchev–Trinajstić information content (AvgIpc) is 2.96. The predicted octanol–water partition coefficient (Wildman–Crippen LogP) is 3.19. The van der Waals surface area contributed by atoms with Gasteiger partial charge in [-0.3, -0.25) is 4.68 Å². The highest BCUT2D eigenvalue weighted by Crippen LogP contribution is 2.15. The van der Waals surface area contributed by atoms with Crippen molar-refractivity contribution < 1.29 is 4.74 Å². The molecule has 0 spiro atoms. The van der Waals surface area contributed by atoms with E-state index in [4.69, 9.17) is 10.5 Å². The average molecular weight is 287 g/mol. The number of nitrogens with zero attached hydrogens (tertiary/aromatic N) is 2. The fourth-order valence-corrected chi connectivity index (χ4v) is 2.40. The second-order valence-electron chi connectivity index (χ2n) is 5.35.